The van der Waals surface area contributed by atoms with Crippen LogP contribution in [0.1, 0.15) is 52.4 Å². The molecule has 1 saturated carbocycles. The Hall–Kier alpha value is -0.585. The summed E-state index contributed by atoms with van der Waals surface area (Å²) in [5, 5.41) is 21.3. The molecule has 0 saturated heterocycles. The van der Waals surface area contributed by atoms with Gasteiger partial charge in [0.1, 0.15) is 0 Å². The Morgan fingerprint density at radius 3 is 2.37 bits per heavy atom. The summed E-state index contributed by atoms with van der Waals surface area (Å²) in [6.45, 7) is 3.95. The Morgan fingerprint density at radius 1 is 1.32 bits per heavy atom. The van der Waals surface area contributed by atoms with Crippen molar-refractivity contribution < 1.29 is 14.8 Å². The van der Waals surface area contributed by atoms with Gasteiger partial charge in [0.25, 0.3) is 0 Å². The molecule has 6 heteroatoms. The maximum Gasteiger partial charge on any atom is 0.475 e. The Labute approximate surface area is 116 Å². The van der Waals surface area contributed by atoms with Crippen molar-refractivity contribution in [2.24, 2.45) is 17.6 Å². The first-order valence-corrected chi connectivity index (χ1v) is 7.34. The van der Waals surface area contributed by atoms with Crippen molar-refractivity contribution in [3.05, 3.63) is 0 Å². The molecule has 0 unspecified atom stereocenters. The summed E-state index contributed by atoms with van der Waals surface area (Å²) in [4.78, 5) is 12.1. The van der Waals surface area contributed by atoms with Gasteiger partial charge in [-0.1, -0.05) is 33.1 Å². The first kappa shape index (κ1) is 16.5. The third kappa shape index (κ3) is 5.51. The maximum atomic E-state index is 12.1. The zero-order chi connectivity index (χ0) is 14.4. The van der Waals surface area contributed by atoms with Crippen molar-refractivity contribution in [1.82, 2.24) is 5.32 Å². The fraction of sp³-hybridized carbons (Fsp3) is 0.923. The Kier molecular flexibility index (Phi) is 6.82. The van der Waals surface area contributed by atoms with Crippen molar-refractivity contribution >= 4 is 13.0 Å². The maximum absolute atomic E-state index is 12.1. The molecule has 0 heterocycles. The minimum atomic E-state index is -1.54. The second-order valence-corrected chi connectivity index (χ2v) is 6.08. The average molecular weight is 270 g/mol. The van der Waals surface area contributed by atoms with Gasteiger partial charge in [0.2, 0.25) is 5.91 Å². The molecule has 1 aliphatic carbocycles. The van der Waals surface area contributed by atoms with Gasteiger partial charge in [0.15, 0.2) is 0 Å². The number of carbonyl (C=O) groups excluding carboxylic acids is 1. The van der Waals surface area contributed by atoms with Crippen LogP contribution < -0.4 is 11.1 Å². The highest BCUT2D eigenvalue weighted by Crippen LogP contribution is 2.25. The highest BCUT2D eigenvalue weighted by Gasteiger charge is 2.31. The van der Waals surface area contributed by atoms with E-state index in [9.17, 15) is 14.8 Å². The van der Waals surface area contributed by atoms with Gasteiger partial charge >= 0.3 is 7.12 Å². The van der Waals surface area contributed by atoms with Gasteiger partial charge in [0, 0.05) is 0 Å². The first-order valence-electron chi connectivity index (χ1n) is 7.34. The molecular weight excluding hydrogens is 243 g/mol. The summed E-state index contributed by atoms with van der Waals surface area (Å²) in [5.41, 5.74) is 6.00. The minimum absolute atomic E-state index is 0.226. The number of hydrogen-bond donors (Lipinski definition) is 4. The van der Waals surface area contributed by atoms with Crippen LogP contribution in [0.25, 0.3) is 0 Å². The lowest BCUT2D eigenvalue weighted by molar-refractivity contribution is -0.124. The molecule has 0 radical (unpaired) electrons. The molecule has 1 rings (SSSR count). The molecule has 110 valence electrons. The van der Waals surface area contributed by atoms with Crippen LogP contribution in [0.5, 0.6) is 0 Å². The third-order valence-electron chi connectivity index (χ3n) is 3.87. The standard InChI is InChI=1S/C13H27BN2O3/c1-9(2)8-11(14(18)19)16-13(17)12(15)10-6-4-3-5-7-10/h9-12,18-19H,3-8,15H2,1-2H3,(H,16,17)/t11-,12-/m0/s1. The topological polar surface area (TPSA) is 95.6 Å². The lowest BCUT2D eigenvalue weighted by atomic mass is 9.74. The van der Waals surface area contributed by atoms with E-state index in [-0.39, 0.29) is 17.7 Å². The predicted octanol–water partition coefficient (Wildman–Crippen LogP) is 0.437. The van der Waals surface area contributed by atoms with Crippen molar-refractivity contribution in [2.45, 2.75) is 64.4 Å². The van der Waals surface area contributed by atoms with Crippen molar-refractivity contribution in [1.29, 1.82) is 0 Å². The number of rotatable bonds is 6. The van der Waals surface area contributed by atoms with Crippen LogP contribution in [-0.4, -0.2) is 35.1 Å². The van der Waals surface area contributed by atoms with Crippen molar-refractivity contribution in [3.63, 3.8) is 0 Å². The van der Waals surface area contributed by atoms with Gasteiger partial charge in [-0.05, 0) is 31.1 Å². The summed E-state index contributed by atoms with van der Waals surface area (Å²) in [6, 6.07) is -0.534. The van der Waals surface area contributed by atoms with Crippen LogP contribution >= 0.6 is 0 Å². The Morgan fingerprint density at radius 2 is 1.89 bits per heavy atom. The van der Waals surface area contributed by atoms with E-state index in [1.54, 1.807) is 0 Å². The van der Waals surface area contributed by atoms with Gasteiger partial charge in [-0.15, -0.1) is 0 Å². The lowest BCUT2D eigenvalue weighted by Gasteiger charge is -2.28. The number of hydrogen-bond acceptors (Lipinski definition) is 4. The Balaban J connectivity index is 2.50. The average Bonchev–Trinajstić information content (AvgIpc) is 2.37. The number of nitrogens with two attached hydrogens (primary N) is 1. The largest absolute Gasteiger partial charge is 0.475 e. The molecule has 0 bridgehead atoms. The van der Waals surface area contributed by atoms with E-state index < -0.39 is 19.1 Å². The molecule has 0 aliphatic heterocycles. The summed E-state index contributed by atoms with van der Waals surface area (Å²) < 4.78 is 0. The van der Waals surface area contributed by atoms with Gasteiger partial charge in [-0.3, -0.25) is 4.79 Å². The van der Waals surface area contributed by atoms with E-state index in [0.29, 0.717) is 6.42 Å². The van der Waals surface area contributed by atoms with E-state index >= 15 is 0 Å². The molecule has 0 aromatic rings. The fourth-order valence-electron chi connectivity index (χ4n) is 2.75. The molecule has 0 aromatic carbocycles. The first-order chi connectivity index (χ1) is 8.91. The zero-order valence-corrected chi connectivity index (χ0v) is 12.0. The SMILES string of the molecule is CC(C)C[C@H](NC(=O)[C@@H](N)C1CCCCC1)B(O)O. The molecule has 19 heavy (non-hydrogen) atoms. The van der Waals surface area contributed by atoms with Gasteiger partial charge in [-0.25, -0.2) is 0 Å². The number of amides is 1. The fourth-order valence-corrected chi connectivity index (χ4v) is 2.75. The van der Waals surface area contributed by atoms with Gasteiger partial charge in [-0.2, -0.15) is 0 Å². The molecule has 0 aromatic heterocycles. The quantitative estimate of drug-likeness (QED) is 0.526. The lowest BCUT2D eigenvalue weighted by Crippen LogP contribution is -2.54. The zero-order valence-electron chi connectivity index (χ0n) is 12.0. The van der Waals surface area contributed by atoms with Crippen molar-refractivity contribution in [3.8, 4) is 0 Å². The van der Waals surface area contributed by atoms with E-state index in [1.807, 2.05) is 13.8 Å². The van der Waals surface area contributed by atoms with Gasteiger partial charge in [0.05, 0.1) is 12.0 Å². The normalized spacial score (nSPS) is 20.1. The molecule has 5 nitrogen and oxygen atoms in total. The van der Waals surface area contributed by atoms with Gasteiger partial charge < -0.3 is 21.1 Å². The number of carbonyl (C=O) groups is 1. The summed E-state index contributed by atoms with van der Waals surface area (Å²) in [7, 11) is -1.54. The second kappa shape index (κ2) is 7.87. The van der Waals surface area contributed by atoms with Crippen LogP contribution in [0.2, 0.25) is 0 Å². The molecule has 1 fully saturated rings. The molecule has 2 atom stereocenters. The van der Waals surface area contributed by atoms with Crippen LogP contribution in [0.15, 0.2) is 0 Å². The van der Waals surface area contributed by atoms with Crippen LogP contribution in [-0.2, 0) is 4.79 Å². The van der Waals surface area contributed by atoms with Crippen LogP contribution in [0, 0.1) is 11.8 Å². The molecule has 0 spiro atoms. The van der Waals surface area contributed by atoms with Crippen LogP contribution in [0.3, 0.4) is 0 Å². The predicted molar refractivity (Wildman–Crippen MR) is 76.1 cm³/mol. The van der Waals surface area contributed by atoms with E-state index in [0.717, 1.165) is 25.7 Å². The van der Waals surface area contributed by atoms with E-state index in [4.69, 9.17) is 5.73 Å². The van der Waals surface area contributed by atoms with E-state index in [2.05, 4.69) is 5.32 Å². The highest BCUT2D eigenvalue weighted by atomic mass is 16.4. The molecular formula is C13H27BN2O3. The van der Waals surface area contributed by atoms with Crippen molar-refractivity contribution in [2.75, 3.05) is 0 Å². The summed E-state index contributed by atoms with van der Waals surface area (Å²) in [5.74, 6) is -0.393. The monoisotopic (exact) mass is 270 g/mol. The smallest absolute Gasteiger partial charge is 0.426 e. The molecule has 5 N–H and O–H groups in total. The molecule has 1 aliphatic rings. The van der Waals surface area contributed by atoms with Crippen LogP contribution in [0.4, 0.5) is 0 Å². The molecule has 1 amide bonds. The van der Waals surface area contributed by atoms with E-state index in [1.165, 1.54) is 6.42 Å². The minimum Gasteiger partial charge on any atom is -0.426 e. The third-order valence-corrected chi connectivity index (χ3v) is 3.87. The second-order valence-electron chi connectivity index (χ2n) is 6.08. The Bertz CT molecular complexity index is 281. The number of nitrogens with one attached hydrogen (secondary N) is 1. The summed E-state index contributed by atoms with van der Waals surface area (Å²) >= 11 is 0. The highest BCUT2D eigenvalue weighted by molar-refractivity contribution is 6.43. The summed E-state index contributed by atoms with van der Waals surface area (Å²) in [6.07, 6.45) is 5.99.